The van der Waals surface area contributed by atoms with Crippen LogP contribution in [0, 0.1) is 0 Å². The molecule has 0 aliphatic heterocycles. The van der Waals surface area contributed by atoms with Crippen LogP contribution in [0.15, 0.2) is 12.3 Å². The second-order valence-corrected chi connectivity index (χ2v) is 5.09. The number of pyridine rings is 1. The van der Waals surface area contributed by atoms with Crippen LogP contribution in [0.2, 0.25) is 0 Å². The van der Waals surface area contributed by atoms with Gasteiger partial charge >= 0.3 is 0 Å². The summed E-state index contributed by atoms with van der Waals surface area (Å²) in [7, 11) is 0. The molecule has 0 radical (unpaired) electrons. The number of hydrogen-bond donors (Lipinski definition) is 0. The standard InChI is InChI=1S/C14H21NO3/c1-9(2)16-13-12(18-11-5-6-11)7-8-15-14(13)17-10(3)4/h7-11H,5-6H2,1-4H3. The first kappa shape index (κ1) is 13.0. The van der Waals surface area contributed by atoms with E-state index in [0.29, 0.717) is 17.7 Å². The second kappa shape index (κ2) is 5.46. The SMILES string of the molecule is CC(C)Oc1nccc(OC2CC2)c1OC(C)C. The molecule has 1 aliphatic carbocycles. The average molecular weight is 251 g/mol. The number of nitrogens with zero attached hydrogens (tertiary/aromatic N) is 1. The van der Waals surface area contributed by atoms with E-state index in [1.165, 1.54) is 0 Å². The van der Waals surface area contributed by atoms with Crippen molar-refractivity contribution in [1.29, 1.82) is 0 Å². The van der Waals surface area contributed by atoms with E-state index in [-0.39, 0.29) is 12.2 Å². The minimum Gasteiger partial charge on any atom is -0.486 e. The molecule has 0 atom stereocenters. The van der Waals surface area contributed by atoms with Crippen molar-refractivity contribution in [3.63, 3.8) is 0 Å². The molecule has 0 N–H and O–H groups in total. The maximum Gasteiger partial charge on any atom is 0.261 e. The molecule has 1 heterocycles. The Morgan fingerprint density at radius 1 is 1.11 bits per heavy atom. The molecular formula is C14H21NO3. The number of hydrogen-bond acceptors (Lipinski definition) is 4. The molecule has 0 bridgehead atoms. The van der Waals surface area contributed by atoms with E-state index >= 15 is 0 Å². The summed E-state index contributed by atoms with van der Waals surface area (Å²) in [6, 6.07) is 1.84. The van der Waals surface area contributed by atoms with E-state index in [9.17, 15) is 0 Å². The monoisotopic (exact) mass is 251 g/mol. The number of aromatic nitrogens is 1. The zero-order valence-corrected chi connectivity index (χ0v) is 11.5. The molecule has 4 heteroatoms. The fourth-order valence-electron chi connectivity index (χ4n) is 1.52. The molecule has 1 aliphatic rings. The Labute approximate surface area is 108 Å². The van der Waals surface area contributed by atoms with E-state index in [0.717, 1.165) is 18.6 Å². The Bertz CT molecular complexity index is 378. The van der Waals surface area contributed by atoms with Gasteiger partial charge in [-0.1, -0.05) is 0 Å². The van der Waals surface area contributed by atoms with E-state index in [2.05, 4.69) is 4.98 Å². The highest BCUT2D eigenvalue weighted by Crippen LogP contribution is 2.39. The molecule has 0 spiro atoms. The van der Waals surface area contributed by atoms with Crippen molar-refractivity contribution in [3.8, 4) is 17.4 Å². The largest absolute Gasteiger partial charge is 0.486 e. The molecule has 1 aromatic heterocycles. The van der Waals surface area contributed by atoms with Gasteiger partial charge in [-0.05, 0) is 40.5 Å². The minimum absolute atomic E-state index is 0.0585. The van der Waals surface area contributed by atoms with Crippen molar-refractivity contribution in [2.24, 2.45) is 0 Å². The highest BCUT2D eigenvalue weighted by Gasteiger charge is 2.26. The van der Waals surface area contributed by atoms with Crippen molar-refractivity contribution in [2.45, 2.75) is 58.8 Å². The van der Waals surface area contributed by atoms with Crippen LogP contribution in [0.25, 0.3) is 0 Å². The van der Waals surface area contributed by atoms with Gasteiger partial charge in [0.15, 0.2) is 5.75 Å². The predicted molar refractivity (Wildman–Crippen MR) is 69.4 cm³/mol. The molecule has 0 aromatic carbocycles. The predicted octanol–water partition coefficient (Wildman–Crippen LogP) is 3.20. The molecule has 1 saturated carbocycles. The van der Waals surface area contributed by atoms with Crippen LogP contribution in [0.4, 0.5) is 0 Å². The second-order valence-electron chi connectivity index (χ2n) is 5.09. The van der Waals surface area contributed by atoms with Crippen molar-refractivity contribution in [3.05, 3.63) is 12.3 Å². The van der Waals surface area contributed by atoms with Crippen LogP contribution in [0.1, 0.15) is 40.5 Å². The molecule has 0 saturated heterocycles. The molecule has 0 unspecified atom stereocenters. The minimum atomic E-state index is 0.0585. The fraction of sp³-hybridized carbons (Fsp3) is 0.643. The topological polar surface area (TPSA) is 40.6 Å². The van der Waals surface area contributed by atoms with Crippen LogP contribution < -0.4 is 14.2 Å². The van der Waals surface area contributed by atoms with Gasteiger partial charge in [0.2, 0.25) is 5.75 Å². The molecule has 18 heavy (non-hydrogen) atoms. The molecule has 1 fully saturated rings. The molecule has 4 nitrogen and oxygen atoms in total. The third-order valence-electron chi connectivity index (χ3n) is 2.35. The lowest BCUT2D eigenvalue weighted by Crippen LogP contribution is -2.13. The van der Waals surface area contributed by atoms with E-state index in [1.807, 2.05) is 33.8 Å². The third-order valence-corrected chi connectivity index (χ3v) is 2.35. The van der Waals surface area contributed by atoms with E-state index < -0.39 is 0 Å². The lowest BCUT2D eigenvalue weighted by molar-refractivity contribution is 0.179. The van der Waals surface area contributed by atoms with Crippen LogP contribution in [0.5, 0.6) is 17.4 Å². The third kappa shape index (κ3) is 3.52. The first-order valence-corrected chi connectivity index (χ1v) is 6.55. The number of ether oxygens (including phenoxy) is 3. The van der Waals surface area contributed by atoms with Crippen LogP contribution in [0.3, 0.4) is 0 Å². The highest BCUT2D eigenvalue weighted by molar-refractivity contribution is 5.47. The molecule has 1 aromatic rings. The number of rotatable bonds is 6. The lowest BCUT2D eigenvalue weighted by atomic mass is 10.3. The summed E-state index contributed by atoms with van der Waals surface area (Å²) in [4.78, 5) is 4.23. The summed E-state index contributed by atoms with van der Waals surface area (Å²) in [5, 5.41) is 0. The first-order valence-electron chi connectivity index (χ1n) is 6.55. The Morgan fingerprint density at radius 2 is 1.78 bits per heavy atom. The summed E-state index contributed by atoms with van der Waals surface area (Å²) in [5.74, 6) is 1.86. The zero-order valence-electron chi connectivity index (χ0n) is 11.5. The Kier molecular flexibility index (Phi) is 3.94. The zero-order chi connectivity index (χ0) is 13.1. The molecular weight excluding hydrogens is 230 g/mol. The lowest BCUT2D eigenvalue weighted by Gasteiger charge is -2.18. The van der Waals surface area contributed by atoms with Gasteiger partial charge in [-0.3, -0.25) is 0 Å². The Hall–Kier alpha value is -1.45. The summed E-state index contributed by atoms with van der Waals surface area (Å²) < 4.78 is 17.3. The van der Waals surface area contributed by atoms with Crippen molar-refractivity contribution < 1.29 is 14.2 Å². The maximum atomic E-state index is 5.83. The fourth-order valence-corrected chi connectivity index (χ4v) is 1.52. The van der Waals surface area contributed by atoms with Gasteiger partial charge in [0.25, 0.3) is 5.88 Å². The average Bonchev–Trinajstić information content (AvgIpc) is 3.05. The van der Waals surface area contributed by atoms with Gasteiger partial charge < -0.3 is 14.2 Å². The van der Waals surface area contributed by atoms with Crippen LogP contribution in [-0.2, 0) is 0 Å². The normalized spacial score (nSPS) is 15.0. The summed E-state index contributed by atoms with van der Waals surface area (Å²) in [5.41, 5.74) is 0. The first-order chi connectivity index (χ1) is 8.56. The van der Waals surface area contributed by atoms with Gasteiger partial charge in [0, 0.05) is 12.3 Å². The summed E-state index contributed by atoms with van der Waals surface area (Å²) in [6.07, 6.45) is 4.37. The molecule has 2 rings (SSSR count). The van der Waals surface area contributed by atoms with Gasteiger partial charge in [0.1, 0.15) is 0 Å². The van der Waals surface area contributed by atoms with Crippen LogP contribution in [-0.4, -0.2) is 23.3 Å². The van der Waals surface area contributed by atoms with Gasteiger partial charge in [-0.25, -0.2) is 4.98 Å². The van der Waals surface area contributed by atoms with Crippen molar-refractivity contribution in [1.82, 2.24) is 4.98 Å². The van der Waals surface area contributed by atoms with E-state index in [1.54, 1.807) is 6.20 Å². The molecule has 100 valence electrons. The highest BCUT2D eigenvalue weighted by atomic mass is 16.6. The smallest absolute Gasteiger partial charge is 0.261 e. The summed E-state index contributed by atoms with van der Waals surface area (Å²) in [6.45, 7) is 7.89. The van der Waals surface area contributed by atoms with Gasteiger partial charge in [-0.2, -0.15) is 0 Å². The Balaban J connectivity index is 2.25. The quantitative estimate of drug-likeness (QED) is 0.778. The summed E-state index contributed by atoms with van der Waals surface area (Å²) >= 11 is 0. The molecule has 0 amide bonds. The van der Waals surface area contributed by atoms with Gasteiger partial charge in [-0.15, -0.1) is 0 Å². The van der Waals surface area contributed by atoms with Crippen molar-refractivity contribution >= 4 is 0 Å². The van der Waals surface area contributed by atoms with E-state index in [4.69, 9.17) is 14.2 Å². The Morgan fingerprint density at radius 3 is 2.33 bits per heavy atom. The van der Waals surface area contributed by atoms with Gasteiger partial charge in [0.05, 0.1) is 18.3 Å². The van der Waals surface area contributed by atoms with Crippen molar-refractivity contribution in [2.75, 3.05) is 0 Å². The maximum absolute atomic E-state index is 5.83. The van der Waals surface area contributed by atoms with Crippen LogP contribution >= 0.6 is 0 Å².